The molecule has 0 saturated heterocycles. The zero-order chi connectivity index (χ0) is 15.3. The number of carbonyl (C=O) groups is 2. The molecule has 20 heavy (non-hydrogen) atoms. The minimum absolute atomic E-state index is 0.00412. The number of aromatic nitrogens is 3. The molecule has 1 aromatic heterocycles. The van der Waals surface area contributed by atoms with Crippen LogP contribution in [0.4, 0.5) is 5.82 Å². The van der Waals surface area contributed by atoms with E-state index in [1.807, 2.05) is 0 Å². The second kappa shape index (κ2) is 6.88. The van der Waals surface area contributed by atoms with Gasteiger partial charge in [-0.3, -0.25) is 0 Å². The van der Waals surface area contributed by atoms with E-state index in [0.717, 1.165) is 0 Å². The van der Waals surface area contributed by atoms with Crippen molar-refractivity contribution in [1.29, 1.82) is 0 Å². The minimum Gasteiger partial charge on any atom is -0.464 e. The van der Waals surface area contributed by atoms with Crippen LogP contribution in [0.1, 0.15) is 50.6 Å². The van der Waals surface area contributed by atoms with Crippen molar-refractivity contribution < 1.29 is 19.1 Å². The van der Waals surface area contributed by atoms with E-state index in [9.17, 15) is 9.59 Å². The highest BCUT2D eigenvalue weighted by molar-refractivity contribution is 5.92. The Kier molecular flexibility index (Phi) is 5.48. The van der Waals surface area contributed by atoms with E-state index >= 15 is 0 Å². The van der Waals surface area contributed by atoms with Crippen LogP contribution in [0.25, 0.3) is 0 Å². The molecule has 0 fully saturated rings. The molecular formula is C12H20N4O4. The van der Waals surface area contributed by atoms with E-state index in [1.165, 1.54) is 4.68 Å². The number of hydrogen-bond donors (Lipinski definition) is 1. The third-order valence-corrected chi connectivity index (χ3v) is 2.51. The summed E-state index contributed by atoms with van der Waals surface area (Å²) in [5.41, 5.74) is 5.72. The van der Waals surface area contributed by atoms with Gasteiger partial charge in [-0.2, -0.15) is 0 Å². The van der Waals surface area contributed by atoms with E-state index < -0.39 is 18.0 Å². The van der Waals surface area contributed by atoms with Crippen LogP contribution in [0.3, 0.4) is 0 Å². The van der Waals surface area contributed by atoms with Gasteiger partial charge in [0, 0.05) is 0 Å². The predicted octanol–water partition coefficient (Wildman–Crippen LogP) is 0.940. The van der Waals surface area contributed by atoms with E-state index in [4.69, 9.17) is 15.2 Å². The Hall–Kier alpha value is -2.12. The molecule has 8 heteroatoms. The summed E-state index contributed by atoms with van der Waals surface area (Å²) in [5, 5.41) is 7.44. The van der Waals surface area contributed by atoms with E-state index in [0.29, 0.717) is 6.42 Å². The molecule has 0 amide bonds. The number of nitrogen functional groups attached to an aromatic ring is 1. The van der Waals surface area contributed by atoms with Crippen molar-refractivity contribution in [3.05, 3.63) is 5.69 Å². The molecule has 0 radical (unpaired) electrons. The first-order valence-electron chi connectivity index (χ1n) is 6.50. The average molecular weight is 284 g/mol. The maximum atomic E-state index is 11.8. The molecule has 1 aromatic rings. The number of ether oxygens (including phenoxy) is 2. The molecule has 1 unspecified atom stereocenters. The summed E-state index contributed by atoms with van der Waals surface area (Å²) in [6, 6.07) is -0.706. The van der Waals surface area contributed by atoms with Crippen molar-refractivity contribution in [2.75, 3.05) is 12.3 Å². The first-order valence-corrected chi connectivity index (χ1v) is 6.50. The molecule has 0 bridgehead atoms. The summed E-state index contributed by atoms with van der Waals surface area (Å²) >= 11 is 0. The SMILES string of the molecule is CCOC(=O)C(CC)n1nnc(C(=O)OC(C)C)c1N. The zero-order valence-electron chi connectivity index (χ0n) is 12.1. The molecule has 8 nitrogen and oxygen atoms in total. The van der Waals surface area contributed by atoms with Gasteiger partial charge in [0.2, 0.25) is 5.69 Å². The number of carbonyl (C=O) groups excluding carboxylic acids is 2. The number of nitrogens with two attached hydrogens (primary N) is 1. The van der Waals surface area contributed by atoms with E-state index in [-0.39, 0.29) is 24.2 Å². The largest absolute Gasteiger partial charge is 0.464 e. The number of esters is 2. The van der Waals surface area contributed by atoms with Gasteiger partial charge in [0.05, 0.1) is 12.7 Å². The van der Waals surface area contributed by atoms with Crippen molar-refractivity contribution in [2.45, 2.75) is 46.3 Å². The first-order chi connectivity index (χ1) is 9.42. The quantitative estimate of drug-likeness (QED) is 0.774. The van der Waals surface area contributed by atoms with Crippen LogP contribution in [0.2, 0.25) is 0 Å². The number of nitrogens with zero attached hydrogens (tertiary/aromatic N) is 3. The smallest absolute Gasteiger partial charge is 0.363 e. The van der Waals surface area contributed by atoms with Gasteiger partial charge in [-0.05, 0) is 27.2 Å². The number of anilines is 1. The van der Waals surface area contributed by atoms with Crippen LogP contribution >= 0.6 is 0 Å². The average Bonchev–Trinajstić information content (AvgIpc) is 2.72. The molecular weight excluding hydrogens is 264 g/mol. The standard InChI is InChI=1S/C12H20N4O4/c1-5-8(11(17)19-6-2)16-10(13)9(14-15-16)12(18)20-7(3)4/h7-8H,5-6,13H2,1-4H3. The third kappa shape index (κ3) is 3.46. The van der Waals surface area contributed by atoms with Gasteiger partial charge in [-0.15, -0.1) is 5.10 Å². The van der Waals surface area contributed by atoms with E-state index in [1.54, 1.807) is 27.7 Å². The highest BCUT2D eigenvalue weighted by atomic mass is 16.5. The third-order valence-electron chi connectivity index (χ3n) is 2.51. The Morgan fingerprint density at radius 1 is 1.35 bits per heavy atom. The van der Waals surface area contributed by atoms with Crippen LogP contribution in [-0.2, 0) is 14.3 Å². The lowest BCUT2D eigenvalue weighted by molar-refractivity contribution is -0.147. The van der Waals surface area contributed by atoms with Crippen molar-refractivity contribution >= 4 is 17.8 Å². The van der Waals surface area contributed by atoms with Gasteiger partial charge in [0.1, 0.15) is 0 Å². The summed E-state index contributed by atoms with van der Waals surface area (Å²) in [6.07, 6.45) is 0.129. The monoisotopic (exact) mass is 284 g/mol. The van der Waals surface area contributed by atoms with Crippen molar-refractivity contribution in [3.63, 3.8) is 0 Å². The molecule has 0 aliphatic heterocycles. The lowest BCUT2D eigenvalue weighted by Gasteiger charge is -2.14. The zero-order valence-corrected chi connectivity index (χ0v) is 12.1. The molecule has 1 rings (SSSR count). The van der Waals surface area contributed by atoms with Crippen molar-refractivity contribution in [1.82, 2.24) is 15.0 Å². The summed E-state index contributed by atoms with van der Waals surface area (Å²) in [5.74, 6) is -1.13. The fourth-order valence-corrected chi connectivity index (χ4v) is 1.62. The van der Waals surface area contributed by atoms with Crippen molar-refractivity contribution in [2.24, 2.45) is 0 Å². The Labute approximate surface area is 117 Å². The van der Waals surface area contributed by atoms with Gasteiger partial charge in [0.15, 0.2) is 11.9 Å². The fourth-order valence-electron chi connectivity index (χ4n) is 1.62. The van der Waals surface area contributed by atoms with Crippen LogP contribution < -0.4 is 5.73 Å². The van der Waals surface area contributed by atoms with E-state index in [2.05, 4.69) is 10.3 Å². The lowest BCUT2D eigenvalue weighted by Crippen LogP contribution is -2.24. The van der Waals surface area contributed by atoms with Crippen molar-refractivity contribution in [3.8, 4) is 0 Å². The molecule has 0 saturated carbocycles. The van der Waals surface area contributed by atoms with Crippen LogP contribution in [-0.4, -0.2) is 39.6 Å². The van der Waals surface area contributed by atoms with Crippen LogP contribution in [0, 0.1) is 0 Å². The second-order valence-electron chi connectivity index (χ2n) is 4.40. The molecule has 112 valence electrons. The molecule has 0 aromatic carbocycles. The molecule has 0 aliphatic carbocycles. The highest BCUT2D eigenvalue weighted by Gasteiger charge is 2.27. The summed E-state index contributed by atoms with van der Waals surface area (Å²) in [7, 11) is 0. The first kappa shape index (κ1) is 15.9. The molecule has 1 heterocycles. The fraction of sp³-hybridized carbons (Fsp3) is 0.667. The van der Waals surface area contributed by atoms with Gasteiger partial charge in [-0.1, -0.05) is 12.1 Å². The Balaban J connectivity index is 3.00. The molecule has 0 aliphatic rings. The van der Waals surface area contributed by atoms with Crippen LogP contribution in [0.15, 0.2) is 0 Å². The highest BCUT2D eigenvalue weighted by Crippen LogP contribution is 2.19. The predicted molar refractivity (Wildman–Crippen MR) is 70.9 cm³/mol. The molecule has 0 spiro atoms. The molecule has 2 N–H and O–H groups in total. The van der Waals surface area contributed by atoms with Crippen LogP contribution in [0.5, 0.6) is 0 Å². The second-order valence-corrected chi connectivity index (χ2v) is 4.40. The number of hydrogen-bond acceptors (Lipinski definition) is 7. The maximum absolute atomic E-state index is 11.8. The maximum Gasteiger partial charge on any atom is 0.363 e. The summed E-state index contributed by atoms with van der Waals surface area (Å²) in [4.78, 5) is 23.6. The Morgan fingerprint density at radius 3 is 2.50 bits per heavy atom. The lowest BCUT2D eigenvalue weighted by atomic mass is 10.2. The van der Waals surface area contributed by atoms with Gasteiger partial charge < -0.3 is 15.2 Å². The summed E-state index contributed by atoms with van der Waals surface area (Å²) in [6.45, 7) is 7.18. The summed E-state index contributed by atoms with van der Waals surface area (Å²) < 4.78 is 11.1. The van der Waals surface area contributed by atoms with Gasteiger partial charge >= 0.3 is 11.9 Å². The Bertz CT molecular complexity index is 484. The minimum atomic E-state index is -0.706. The number of rotatable bonds is 6. The van der Waals surface area contributed by atoms with Gasteiger partial charge in [0.25, 0.3) is 0 Å². The Morgan fingerprint density at radius 2 is 2.00 bits per heavy atom. The normalized spacial score (nSPS) is 12.2. The molecule has 1 atom stereocenters. The topological polar surface area (TPSA) is 109 Å². The van der Waals surface area contributed by atoms with Gasteiger partial charge in [-0.25, -0.2) is 14.3 Å².